The van der Waals surface area contributed by atoms with Crippen LogP contribution in [0.25, 0.3) is 0 Å². The number of ether oxygens (including phenoxy) is 1. The van der Waals surface area contributed by atoms with Crippen molar-refractivity contribution >= 4 is 18.0 Å². The first-order valence-corrected chi connectivity index (χ1v) is 5.16. The van der Waals surface area contributed by atoms with Gasteiger partial charge in [0.15, 0.2) is 6.29 Å². The van der Waals surface area contributed by atoms with Crippen LogP contribution in [0.1, 0.15) is 31.1 Å². The molecule has 0 unspecified atom stereocenters. The summed E-state index contributed by atoms with van der Waals surface area (Å²) in [5.41, 5.74) is -0.312. The van der Waals surface area contributed by atoms with Crippen LogP contribution >= 0.6 is 0 Å². The van der Waals surface area contributed by atoms with E-state index in [1.807, 2.05) is 0 Å². The van der Waals surface area contributed by atoms with Crippen LogP contribution < -0.4 is 4.74 Å². The molecule has 0 aliphatic rings. The molecule has 17 heavy (non-hydrogen) atoms. The molecule has 0 amide bonds. The third-order valence-corrected chi connectivity index (χ3v) is 2.07. The van der Waals surface area contributed by atoms with Gasteiger partial charge in [0.1, 0.15) is 5.75 Å². The maximum Gasteiger partial charge on any atom is 0.316 e. The Morgan fingerprint density at radius 2 is 1.65 bits per heavy atom. The second-order valence-corrected chi connectivity index (χ2v) is 4.65. The lowest BCUT2D eigenvalue weighted by Gasteiger charge is -2.16. The van der Waals surface area contributed by atoms with Gasteiger partial charge in [-0.1, -0.05) is 0 Å². The molecular weight excluding hydrogens is 220 g/mol. The molecule has 0 saturated heterocycles. The van der Waals surface area contributed by atoms with Gasteiger partial charge in [0.25, 0.3) is 0 Å². The Morgan fingerprint density at radius 1 is 1.12 bits per heavy atom. The third kappa shape index (κ3) is 3.52. The molecule has 4 heteroatoms. The number of carbonyl (C=O) groups excluding carboxylic acids is 3. The summed E-state index contributed by atoms with van der Waals surface area (Å²) in [7, 11) is 0. The lowest BCUT2D eigenvalue weighted by atomic mass is 9.97. The zero-order chi connectivity index (χ0) is 13.1. The van der Waals surface area contributed by atoms with Crippen molar-refractivity contribution in [3.05, 3.63) is 29.8 Å². The van der Waals surface area contributed by atoms with Gasteiger partial charge in [-0.15, -0.1) is 0 Å². The van der Waals surface area contributed by atoms with E-state index in [1.165, 1.54) is 24.3 Å². The van der Waals surface area contributed by atoms with E-state index in [0.717, 1.165) is 0 Å². The van der Waals surface area contributed by atoms with Crippen LogP contribution in [0.2, 0.25) is 0 Å². The standard InChI is InChI=1S/C13H14O4/c1-13(2,3)12(16)17-10-6-4-9(5-7-10)11(15)8-14/h4-8H,1-3H3. The van der Waals surface area contributed by atoms with E-state index < -0.39 is 11.2 Å². The first kappa shape index (κ1) is 13.1. The van der Waals surface area contributed by atoms with Gasteiger partial charge in [-0.3, -0.25) is 14.4 Å². The van der Waals surface area contributed by atoms with E-state index in [9.17, 15) is 14.4 Å². The number of hydrogen-bond donors (Lipinski definition) is 0. The molecule has 1 aromatic carbocycles. The van der Waals surface area contributed by atoms with Gasteiger partial charge in [0.05, 0.1) is 5.41 Å². The summed E-state index contributed by atoms with van der Waals surface area (Å²) < 4.78 is 5.11. The van der Waals surface area contributed by atoms with Crippen molar-refractivity contribution < 1.29 is 19.1 Å². The third-order valence-electron chi connectivity index (χ3n) is 2.07. The van der Waals surface area contributed by atoms with E-state index in [2.05, 4.69) is 0 Å². The fraction of sp³-hybridized carbons (Fsp3) is 0.308. The smallest absolute Gasteiger partial charge is 0.316 e. The molecule has 1 aromatic rings. The predicted molar refractivity (Wildman–Crippen MR) is 61.9 cm³/mol. The van der Waals surface area contributed by atoms with Gasteiger partial charge >= 0.3 is 5.97 Å². The number of hydrogen-bond acceptors (Lipinski definition) is 4. The molecule has 0 aromatic heterocycles. The fourth-order valence-corrected chi connectivity index (χ4v) is 1.02. The van der Waals surface area contributed by atoms with Gasteiger partial charge in [-0.2, -0.15) is 0 Å². The summed E-state index contributed by atoms with van der Waals surface area (Å²) in [6.07, 6.45) is 0.246. The Hall–Kier alpha value is -1.97. The van der Waals surface area contributed by atoms with E-state index in [0.29, 0.717) is 5.75 Å². The SMILES string of the molecule is CC(C)(C)C(=O)Oc1ccc(C(=O)C=O)cc1. The predicted octanol–water partition coefficient (Wildman–Crippen LogP) is 2.02. The number of benzene rings is 1. The number of carbonyl (C=O) groups is 3. The monoisotopic (exact) mass is 234 g/mol. The minimum Gasteiger partial charge on any atom is -0.426 e. The van der Waals surface area contributed by atoms with Crippen LogP contribution in [0, 0.1) is 5.41 Å². The average Bonchev–Trinajstić information content (AvgIpc) is 2.27. The molecule has 0 aliphatic carbocycles. The molecule has 0 radical (unpaired) electrons. The Labute approximate surface area is 99.6 Å². The summed E-state index contributed by atoms with van der Waals surface area (Å²) in [5, 5.41) is 0. The van der Waals surface area contributed by atoms with Crippen LogP contribution in [0.5, 0.6) is 5.75 Å². The van der Waals surface area contributed by atoms with E-state index >= 15 is 0 Å². The van der Waals surface area contributed by atoms with Crippen molar-refractivity contribution in [2.45, 2.75) is 20.8 Å². The highest BCUT2D eigenvalue weighted by Crippen LogP contribution is 2.19. The number of aldehydes is 1. The van der Waals surface area contributed by atoms with Crippen molar-refractivity contribution in [2.24, 2.45) is 5.41 Å². The molecule has 0 spiro atoms. The number of rotatable bonds is 3. The lowest BCUT2D eigenvalue weighted by Crippen LogP contribution is -2.25. The zero-order valence-corrected chi connectivity index (χ0v) is 10.0. The molecule has 0 bridgehead atoms. The molecule has 0 saturated carbocycles. The number of esters is 1. The molecule has 0 fully saturated rings. The molecular formula is C13H14O4. The molecule has 90 valence electrons. The summed E-state index contributed by atoms with van der Waals surface area (Å²) in [5.74, 6) is -0.599. The lowest BCUT2D eigenvalue weighted by molar-refractivity contribution is -0.143. The van der Waals surface area contributed by atoms with E-state index in [-0.39, 0.29) is 17.8 Å². The van der Waals surface area contributed by atoms with Crippen LogP contribution in [0.3, 0.4) is 0 Å². The summed E-state index contributed by atoms with van der Waals surface area (Å²) >= 11 is 0. The van der Waals surface area contributed by atoms with E-state index in [4.69, 9.17) is 4.74 Å². The van der Waals surface area contributed by atoms with Crippen molar-refractivity contribution in [1.82, 2.24) is 0 Å². The second-order valence-electron chi connectivity index (χ2n) is 4.65. The maximum atomic E-state index is 11.6. The summed E-state index contributed by atoms with van der Waals surface area (Å²) in [4.78, 5) is 32.9. The largest absolute Gasteiger partial charge is 0.426 e. The highest BCUT2D eigenvalue weighted by Gasteiger charge is 2.23. The van der Waals surface area contributed by atoms with Gasteiger partial charge < -0.3 is 4.74 Å². The molecule has 1 rings (SSSR count). The van der Waals surface area contributed by atoms with Crippen molar-refractivity contribution in [3.63, 3.8) is 0 Å². The minimum absolute atomic E-state index is 0.246. The van der Waals surface area contributed by atoms with Crippen LogP contribution in [0.4, 0.5) is 0 Å². The van der Waals surface area contributed by atoms with Crippen molar-refractivity contribution in [3.8, 4) is 5.75 Å². The summed E-state index contributed by atoms with van der Waals surface area (Å²) in [6, 6.07) is 5.87. The maximum absolute atomic E-state index is 11.6. The number of ketones is 1. The first-order valence-electron chi connectivity index (χ1n) is 5.16. The highest BCUT2D eigenvalue weighted by atomic mass is 16.5. The van der Waals surface area contributed by atoms with Gasteiger partial charge in [0.2, 0.25) is 5.78 Å². The second kappa shape index (κ2) is 4.91. The molecule has 0 atom stereocenters. The minimum atomic E-state index is -0.598. The van der Waals surface area contributed by atoms with Gasteiger partial charge in [-0.05, 0) is 45.0 Å². The topological polar surface area (TPSA) is 60.4 Å². The van der Waals surface area contributed by atoms with Gasteiger partial charge in [0, 0.05) is 5.56 Å². The van der Waals surface area contributed by atoms with Gasteiger partial charge in [-0.25, -0.2) is 0 Å². The zero-order valence-electron chi connectivity index (χ0n) is 10.0. The Morgan fingerprint density at radius 3 is 2.06 bits per heavy atom. The van der Waals surface area contributed by atoms with Crippen molar-refractivity contribution in [1.29, 1.82) is 0 Å². The highest BCUT2D eigenvalue weighted by molar-refractivity contribution is 6.33. The Bertz CT molecular complexity index is 437. The Kier molecular flexibility index (Phi) is 3.78. The quantitative estimate of drug-likeness (QED) is 0.264. The Balaban J connectivity index is 2.79. The fourth-order valence-electron chi connectivity index (χ4n) is 1.02. The van der Waals surface area contributed by atoms with Crippen LogP contribution in [-0.2, 0) is 9.59 Å². The first-order chi connectivity index (χ1) is 7.84. The normalized spacial score (nSPS) is 10.8. The van der Waals surface area contributed by atoms with Crippen LogP contribution in [-0.4, -0.2) is 18.0 Å². The summed E-state index contributed by atoms with van der Waals surface area (Å²) in [6.45, 7) is 5.25. The molecule has 4 nitrogen and oxygen atoms in total. The van der Waals surface area contributed by atoms with Crippen molar-refractivity contribution in [2.75, 3.05) is 0 Å². The number of Topliss-reactive ketones (excluding diaryl/α,β-unsaturated/α-hetero) is 1. The molecule has 0 N–H and O–H groups in total. The molecule has 0 aliphatic heterocycles. The van der Waals surface area contributed by atoms with Crippen LogP contribution in [0.15, 0.2) is 24.3 Å². The average molecular weight is 234 g/mol. The molecule has 0 heterocycles. The van der Waals surface area contributed by atoms with E-state index in [1.54, 1.807) is 20.8 Å².